The number of sulfonamides is 2. The zero-order valence-corrected chi connectivity index (χ0v) is 15.2. The van der Waals surface area contributed by atoms with Gasteiger partial charge in [-0.2, -0.15) is 3.71 Å². The van der Waals surface area contributed by atoms with Crippen molar-refractivity contribution >= 4 is 31.7 Å². The number of carbonyl (C=O) groups is 1. The van der Waals surface area contributed by atoms with Crippen LogP contribution in [0.2, 0.25) is 0 Å². The van der Waals surface area contributed by atoms with Gasteiger partial charge in [-0.3, -0.25) is 0 Å². The van der Waals surface area contributed by atoms with Crippen LogP contribution in [0.1, 0.15) is 42.6 Å². The second-order valence-corrected chi connectivity index (χ2v) is 9.33. The van der Waals surface area contributed by atoms with Crippen LogP contribution in [0.3, 0.4) is 0 Å². The average molecular weight is 381 g/mol. The topological polar surface area (TPSA) is 109 Å². The van der Waals surface area contributed by atoms with Gasteiger partial charge in [-0.05, 0) is 31.4 Å². The molecule has 0 radical (unpaired) electrons. The predicted molar refractivity (Wildman–Crippen MR) is 88.7 cm³/mol. The first-order valence-corrected chi connectivity index (χ1v) is 10.5. The molecule has 0 unspecified atom stereocenters. The van der Waals surface area contributed by atoms with Crippen LogP contribution in [0, 0.1) is 12.7 Å². The van der Waals surface area contributed by atoms with Crippen molar-refractivity contribution in [1.29, 1.82) is 0 Å². The van der Waals surface area contributed by atoms with E-state index in [-0.39, 0.29) is 22.1 Å². The highest BCUT2D eigenvalue weighted by atomic mass is 32.3. The molecule has 0 spiro atoms. The third-order valence-corrected chi connectivity index (χ3v) is 7.78. The fourth-order valence-corrected chi connectivity index (χ4v) is 6.30. The lowest BCUT2D eigenvalue weighted by Crippen LogP contribution is -2.40. The monoisotopic (exact) mass is 381 g/mol. The third-order valence-electron chi connectivity index (χ3n) is 3.17. The van der Waals surface area contributed by atoms with E-state index in [1.165, 1.54) is 26.8 Å². The Morgan fingerprint density at radius 3 is 1.92 bits per heavy atom. The van der Waals surface area contributed by atoms with E-state index in [0.29, 0.717) is 0 Å². The summed E-state index contributed by atoms with van der Waals surface area (Å²) in [5.41, 5.74) is -1.49. The van der Waals surface area contributed by atoms with E-state index in [2.05, 4.69) is 0 Å². The number of aryl methyl sites for hydroxylation is 1. The van der Waals surface area contributed by atoms with Gasteiger partial charge in [0.1, 0.15) is 11.3 Å². The van der Waals surface area contributed by atoms with Crippen LogP contribution >= 0.6 is 0 Å². The number of carboxylic acids is 1. The summed E-state index contributed by atoms with van der Waals surface area (Å²) in [7, 11) is -8.74. The Balaban J connectivity index is 3.76. The third kappa shape index (κ3) is 4.04. The number of hydrogen-bond donors (Lipinski definition) is 1. The largest absolute Gasteiger partial charge is 0.478 e. The maximum atomic E-state index is 14.6. The van der Waals surface area contributed by atoms with Crippen LogP contribution in [0.25, 0.3) is 0 Å². The van der Waals surface area contributed by atoms with Crippen LogP contribution < -0.4 is 3.71 Å². The summed E-state index contributed by atoms with van der Waals surface area (Å²) in [6.45, 7) is 4.41. The summed E-state index contributed by atoms with van der Waals surface area (Å²) in [5.74, 6) is -4.01. The van der Waals surface area contributed by atoms with Crippen molar-refractivity contribution < 1.29 is 31.1 Å². The molecule has 1 aromatic rings. The molecule has 0 aliphatic rings. The summed E-state index contributed by atoms with van der Waals surface area (Å²) < 4.78 is 64.3. The number of rotatable bonds is 8. The second kappa shape index (κ2) is 7.47. The first kappa shape index (κ1) is 20.4. The number of aromatic carboxylic acids is 1. The zero-order valence-electron chi connectivity index (χ0n) is 13.6. The normalized spacial score (nSPS) is 12.2. The van der Waals surface area contributed by atoms with Gasteiger partial charge in [0, 0.05) is 0 Å². The van der Waals surface area contributed by atoms with Crippen molar-refractivity contribution in [2.75, 3.05) is 15.2 Å². The Hall–Kier alpha value is -1.68. The summed E-state index contributed by atoms with van der Waals surface area (Å²) in [5, 5.41) is 9.11. The van der Waals surface area contributed by atoms with Crippen molar-refractivity contribution in [3.8, 4) is 0 Å². The smallest absolute Gasteiger partial charge is 0.339 e. The minimum Gasteiger partial charge on any atom is -0.478 e. The quantitative estimate of drug-likeness (QED) is 0.739. The molecule has 10 heteroatoms. The van der Waals surface area contributed by atoms with Gasteiger partial charge >= 0.3 is 5.97 Å². The number of halogens is 1. The molecule has 0 heterocycles. The lowest BCUT2D eigenvalue weighted by Gasteiger charge is -2.24. The molecule has 136 valence electrons. The van der Waals surface area contributed by atoms with Gasteiger partial charge in [0.25, 0.3) is 0 Å². The lowest BCUT2D eigenvalue weighted by atomic mass is 10.1. The Kier molecular flexibility index (Phi) is 6.34. The van der Waals surface area contributed by atoms with Crippen molar-refractivity contribution in [3.05, 3.63) is 29.1 Å². The number of anilines is 1. The van der Waals surface area contributed by atoms with Crippen molar-refractivity contribution in [2.45, 2.75) is 33.6 Å². The highest BCUT2D eigenvalue weighted by Gasteiger charge is 2.36. The Labute approximate surface area is 141 Å². The van der Waals surface area contributed by atoms with Gasteiger partial charge in [-0.25, -0.2) is 26.0 Å². The zero-order chi connectivity index (χ0) is 18.7. The standard InChI is InChI=1S/C14H20FNO6S2/c1-4-8-23(19,20)16(24(21,22)9-5-2)11-7-6-10(3)12(13(11)15)14(17)18/h6-7H,4-5,8-9H2,1-3H3,(H,17,18). The predicted octanol–water partition coefficient (Wildman–Crippen LogP) is 2.12. The highest BCUT2D eigenvalue weighted by molar-refractivity contribution is 8.10. The van der Waals surface area contributed by atoms with Gasteiger partial charge in [0.2, 0.25) is 20.0 Å². The summed E-state index contributed by atoms with van der Waals surface area (Å²) in [4.78, 5) is 11.2. The molecule has 0 amide bonds. The Bertz CT molecular complexity index is 797. The van der Waals surface area contributed by atoms with Crippen LogP contribution in [0.5, 0.6) is 0 Å². The van der Waals surface area contributed by atoms with Crippen LogP contribution in [0.4, 0.5) is 10.1 Å². The number of carboxylic acid groups (broad SMARTS) is 1. The van der Waals surface area contributed by atoms with Crippen LogP contribution in [-0.4, -0.2) is 39.4 Å². The van der Waals surface area contributed by atoms with Gasteiger partial charge in [-0.15, -0.1) is 0 Å². The SMILES string of the molecule is CCCS(=O)(=O)N(c1ccc(C)c(C(=O)O)c1F)S(=O)(=O)CCC. The molecule has 1 N–H and O–H groups in total. The van der Waals surface area contributed by atoms with Crippen molar-refractivity contribution in [2.24, 2.45) is 0 Å². The van der Waals surface area contributed by atoms with Crippen LogP contribution in [0.15, 0.2) is 12.1 Å². The number of nitrogens with zero attached hydrogens (tertiary/aromatic N) is 1. The van der Waals surface area contributed by atoms with E-state index in [9.17, 15) is 26.0 Å². The fraction of sp³-hybridized carbons (Fsp3) is 0.500. The first-order valence-electron chi connectivity index (χ1n) is 7.27. The maximum absolute atomic E-state index is 14.6. The minimum absolute atomic E-state index is 0.0359. The average Bonchev–Trinajstić information content (AvgIpc) is 2.40. The first-order chi connectivity index (χ1) is 11.0. The lowest BCUT2D eigenvalue weighted by molar-refractivity contribution is 0.0691. The molecule has 0 fully saturated rings. The number of hydrogen-bond acceptors (Lipinski definition) is 5. The van der Waals surface area contributed by atoms with Crippen LogP contribution in [-0.2, 0) is 20.0 Å². The Morgan fingerprint density at radius 1 is 1.08 bits per heavy atom. The van der Waals surface area contributed by atoms with E-state index < -0.39 is 54.6 Å². The van der Waals surface area contributed by atoms with Gasteiger partial charge in [0.05, 0.1) is 11.5 Å². The molecule has 0 atom stereocenters. The summed E-state index contributed by atoms with van der Waals surface area (Å²) in [6.07, 6.45) is 0.249. The molecule has 0 saturated carbocycles. The molecule has 1 aromatic carbocycles. The molecule has 0 bridgehead atoms. The highest BCUT2D eigenvalue weighted by Crippen LogP contribution is 2.30. The molecule has 0 saturated heterocycles. The minimum atomic E-state index is -4.37. The van der Waals surface area contributed by atoms with E-state index in [4.69, 9.17) is 5.11 Å². The molecule has 7 nitrogen and oxygen atoms in total. The molecular weight excluding hydrogens is 361 g/mol. The molecule has 0 aliphatic carbocycles. The number of benzene rings is 1. The molecular formula is C14H20FNO6S2. The summed E-state index contributed by atoms with van der Waals surface area (Å²) in [6, 6.07) is 2.15. The van der Waals surface area contributed by atoms with Gasteiger partial charge in [-0.1, -0.05) is 19.9 Å². The molecule has 1 rings (SSSR count). The maximum Gasteiger partial charge on any atom is 0.339 e. The van der Waals surface area contributed by atoms with E-state index in [0.717, 1.165) is 6.07 Å². The Morgan fingerprint density at radius 2 is 1.54 bits per heavy atom. The molecule has 24 heavy (non-hydrogen) atoms. The summed E-state index contributed by atoms with van der Waals surface area (Å²) >= 11 is 0. The van der Waals surface area contributed by atoms with E-state index in [1.807, 2.05) is 0 Å². The van der Waals surface area contributed by atoms with Crippen molar-refractivity contribution in [1.82, 2.24) is 0 Å². The second-order valence-electron chi connectivity index (χ2n) is 5.22. The van der Waals surface area contributed by atoms with Crippen molar-refractivity contribution in [3.63, 3.8) is 0 Å². The molecule has 0 aliphatic heterocycles. The van der Waals surface area contributed by atoms with Gasteiger partial charge < -0.3 is 5.11 Å². The molecule has 0 aromatic heterocycles. The van der Waals surface area contributed by atoms with E-state index >= 15 is 0 Å². The van der Waals surface area contributed by atoms with E-state index in [1.54, 1.807) is 0 Å². The van der Waals surface area contributed by atoms with Gasteiger partial charge in [0.15, 0.2) is 5.82 Å². The fourth-order valence-electron chi connectivity index (χ4n) is 2.22.